The molecule has 0 saturated carbocycles. The van der Waals surface area contributed by atoms with Crippen LogP contribution in [0.25, 0.3) is 0 Å². The Hall–Kier alpha value is -1.56. The maximum Gasteiger partial charge on any atom is 0.478 e. The molecule has 2 heterocycles. The predicted molar refractivity (Wildman–Crippen MR) is 140 cm³/mol. The number of unbranched alkanes of at least 4 members (excludes halogenated alkanes) is 2. The number of carbonyl (C=O) groups excluding carboxylic acids is 3. The standard InChI is InChI=1S/C25H46N3O9P/c1-8-10-11-12-19(9-2)28-18(3)15-20(27(28)6)24(31)34-17-36-38(32)35-16-25(4,5)22(37-38)23(30)26-14-13-21(29)33-7/h18-20,22H,8-17H2,1-7H3,(H,26,30)/t18?,19?,20?,22-,38?/m0/s1. The van der Waals surface area contributed by atoms with Crippen LogP contribution in [-0.2, 0) is 42.0 Å². The first kappa shape index (κ1) is 32.7. The molecule has 0 aromatic heterocycles. The summed E-state index contributed by atoms with van der Waals surface area (Å²) < 4.78 is 38.9. The number of esters is 2. The fourth-order valence-corrected chi connectivity index (χ4v) is 6.40. The molecule has 0 aliphatic carbocycles. The third-order valence-corrected chi connectivity index (χ3v) is 8.47. The highest BCUT2D eigenvalue weighted by atomic mass is 31.2. The third kappa shape index (κ3) is 8.72. The number of ether oxygens (including phenoxy) is 2. The van der Waals surface area contributed by atoms with E-state index in [2.05, 4.69) is 35.8 Å². The van der Waals surface area contributed by atoms with Crippen LogP contribution in [-0.4, -0.2) is 86.2 Å². The fraction of sp³-hybridized carbons (Fsp3) is 0.880. The van der Waals surface area contributed by atoms with Crippen LogP contribution < -0.4 is 5.32 Å². The molecule has 0 aromatic carbocycles. The summed E-state index contributed by atoms with van der Waals surface area (Å²) in [6.07, 6.45) is 4.96. The number of hydrazine groups is 1. The summed E-state index contributed by atoms with van der Waals surface area (Å²) in [7, 11) is -1.03. The molecule has 0 bridgehead atoms. The molecular formula is C25H46N3O9P. The van der Waals surface area contributed by atoms with Gasteiger partial charge in [-0.05, 0) is 26.2 Å². The van der Waals surface area contributed by atoms with E-state index in [9.17, 15) is 18.9 Å². The van der Waals surface area contributed by atoms with E-state index in [-0.39, 0.29) is 25.6 Å². The van der Waals surface area contributed by atoms with E-state index < -0.39 is 50.0 Å². The van der Waals surface area contributed by atoms with Crippen molar-refractivity contribution in [3.05, 3.63) is 0 Å². The van der Waals surface area contributed by atoms with Gasteiger partial charge in [-0.1, -0.05) is 47.0 Å². The minimum Gasteiger partial charge on any atom is -0.469 e. The van der Waals surface area contributed by atoms with Gasteiger partial charge in [-0.15, -0.1) is 0 Å². The van der Waals surface area contributed by atoms with E-state index in [0.717, 1.165) is 25.7 Å². The maximum atomic E-state index is 13.1. The highest BCUT2D eigenvalue weighted by molar-refractivity contribution is 7.48. The summed E-state index contributed by atoms with van der Waals surface area (Å²) in [6.45, 7) is 9.19. The van der Waals surface area contributed by atoms with E-state index in [1.54, 1.807) is 13.8 Å². The number of likely N-dealkylation sites (N-methyl/N-ethyl adjacent to an activating group) is 1. The van der Waals surface area contributed by atoms with Gasteiger partial charge in [0.15, 0.2) is 6.10 Å². The predicted octanol–water partition coefficient (Wildman–Crippen LogP) is 3.40. The number of rotatable bonds is 14. The van der Waals surface area contributed by atoms with Crippen molar-refractivity contribution in [3.63, 3.8) is 0 Å². The summed E-state index contributed by atoms with van der Waals surface area (Å²) in [4.78, 5) is 36.9. The first-order valence-electron chi connectivity index (χ1n) is 13.5. The quantitative estimate of drug-likeness (QED) is 0.144. The maximum absolute atomic E-state index is 13.1. The monoisotopic (exact) mass is 563 g/mol. The smallest absolute Gasteiger partial charge is 0.469 e. The van der Waals surface area contributed by atoms with Crippen molar-refractivity contribution in [1.29, 1.82) is 0 Å². The Kier molecular flexibility index (Phi) is 12.6. The van der Waals surface area contributed by atoms with Crippen molar-refractivity contribution in [2.45, 2.75) is 104 Å². The number of hydrogen-bond donors (Lipinski definition) is 1. The average molecular weight is 564 g/mol. The van der Waals surface area contributed by atoms with Crippen LogP contribution in [0, 0.1) is 5.41 Å². The fourth-order valence-electron chi connectivity index (χ4n) is 4.90. The lowest BCUT2D eigenvalue weighted by Crippen LogP contribution is -2.50. The molecule has 2 rings (SSSR count). The van der Waals surface area contributed by atoms with Gasteiger partial charge in [0.2, 0.25) is 12.7 Å². The van der Waals surface area contributed by atoms with Crippen molar-refractivity contribution in [1.82, 2.24) is 15.3 Å². The molecule has 2 saturated heterocycles. The van der Waals surface area contributed by atoms with Crippen molar-refractivity contribution in [3.8, 4) is 0 Å². The van der Waals surface area contributed by atoms with E-state index in [0.29, 0.717) is 12.5 Å². The van der Waals surface area contributed by atoms with Crippen molar-refractivity contribution >= 4 is 25.7 Å². The van der Waals surface area contributed by atoms with Gasteiger partial charge >= 0.3 is 19.8 Å². The van der Waals surface area contributed by atoms with Gasteiger partial charge in [-0.3, -0.25) is 23.4 Å². The number of nitrogens with zero attached hydrogens (tertiary/aromatic N) is 2. The molecule has 220 valence electrons. The topological polar surface area (TPSA) is 133 Å². The zero-order valence-corrected chi connectivity index (χ0v) is 24.8. The Morgan fingerprint density at radius 3 is 2.55 bits per heavy atom. The van der Waals surface area contributed by atoms with Crippen LogP contribution >= 0.6 is 7.82 Å². The van der Waals surface area contributed by atoms with Gasteiger partial charge in [0.25, 0.3) is 0 Å². The van der Waals surface area contributed by atoms with E-state index in [1.807, 2.05) is 12.1 Å². The molecule has 2 fully saturated rings. The summed E-state index contributed by atoms with van der Waals surface area (Å²) in [5, 5.41) is 6.78. The molecule has 0 aromatic rings. The second-order valence-electron chi connectivity index (χ2n) is 10.6. The number of amides is 1. The van der Waals surface area contributed by atoms with Crippen LogP contribution in [0.4, 0.5) is 0 Å². The van der Waals surface area contributed by atoms with Crippen molar-refractivity contribution < 1.29 is 42.0 Å². The van der Waals surface area contributed by atoms with Crippen LogP contribution in [0.5, 0.6) is 0 Å². The van der Waals surface area contributed by atoms with Crippen LogP contribution in [0.3, 0.4) is 0 Å². The number of methoxy groups -OCH3 is 1. The summed E-state index contributed by atoms with van der Waals surface area (Å²) in [6, 6.07) is 0.0267. The van der Waals surface area contributed by atoms with Gasteiger partial charge in [0.1, 0.15) is 6.04 Å². The Bertz CT molecular complexity index is 856. The SMILES string of the molecule is CCCCCC(CC)N1C(C)CC(C(=O)OCOP2(=O)OCC(C)(C)[C@H](C(=O)NCCC(=O)OC)O2)N1C. The first-order chi connectivity index (χ1) is 17.9. The molecule has 2 aliphatic rings. The second-order valence-corrected chi connectivity index (χ2v) is 12.3. The minimum atomic E-state index is -4.18. The summed E-state index contributed by atoms with van der Waals surface area (Å²) in [5.41, 5.74) is -0.817. The Balaban J connectivity index is 1.90. The summed E-state index contributed by atoms with van der Waals surface area (Å²) in [5.74, 6) is -1.53. The van der Waals surface area contributed by atoms with E-state index >= 15 is 0 Å². The number of phosphoric acid groups is 1. The third-order valence-electron chi connectivity index (χ3n) is 7.13. The number of hydrogen-bond acceptors (Lipinski definition) is 11. The average Bonchev–Trinajstić information content (AvgIpc) is 3.17. The zero-order chi connectivity index (χ0) is 28.5. The van der Waals surface area contributed by atoms with Gasteiger partial charge in [0.05, 0.1) is 20.1 Å². The first-order valence-corrected chi connectivity index (χ1v) is 14.9. The van der Waals surface area contributed by atoms with Crippen LogP contribution in [0.15, 0.2) is 0 Å². The molecule has 12 nitrogen and oxygen atoms in total. The molecule has 0 spiro atoms. The normalized spacial score (nSPS) is 28.6. The van der Waals surface area contributed by atoms with Crippen LogP contribution in [0.2, 0.25) is 0 Å². The molecule has 4 unspecified atom stereocenters. The lowest BCUT2D eigenvalue weighted by molar-refractivity contribution is -0.164. The lowest BCUT2D eigenvalue weighted by atomic mass is 9.87. The highest BCUT2D eigenvalue weighted by Gasteiger charge is 2.49. The number of carbonyl (C=O) groups is 3. The molecule has 1 N–H and O–H groups in total. The van der Waals surface area contributed by atoms with Crippen molar-refractivity contribution in [2.24, 2.45) is 5.41 Å². The molecule has 13 heteroatoms. The molecular weight excluding hydrogens is 517 g/mol. The second kappa shape index (κ2) is 14.7. The number of nitrogens with one attached hydrogen (secondary N) is 1. The Morgan fingerprint density at radius 1 is 1.21 bits per heavy atom. The van der Waals surface area contributed by atoms with Gasteiger partial charge in [0, 0.05) is 31.1 Å². The lowest BCUT2D eigenvalue weighted by Gasteiger charge is -2.39. The molecule has 0 radical (unpaired) electrons. The molecule has 5 atom stereocenters. The molecule has 2 aliphatic heterocycles. The Morgan fingerprint density at radius 2 is 1.92 bits per heavy atom. The van der Waals surface area contributed by atoms with Crippen LogP contribution in [0.1, 0.15) is 79.6 Å². The van der Waals surface area contributed by atoms with E-state index in [1.165, 1.54) is 13.5 Å². The molecule has 1 amide bonds. The largest absolute Gasteiger partial charge is 0.478 e. The van der Waals surface area contributed by atoms with Gasteiger partial charge in [-0.2, -0.15) is 0 Å². The summed E-state index contributed by atoms with van der Waals surface area (Å²) >= 11 is 0. The van der Waals surface area contributed by atoms with E-state index in [4.69, 9.17) is 18.3 Å². The van der Waals surface area contributed by atoms with Gasteiger partial charge < -0.3 is 14.8 Å². The number of phosphoric ester groups is 1. The van der Waals surface area contributed by atoms with Gasteiger partial charge in [-0.25, -0.2) is 19.1 Å². The highest BCUT2D eigenvalue weighted by Crippen LogP contribution is 2.57. The molecule has 38 heavy (non-hydrogen) atoms. The zero-order valence-electron chi connectivity index (χ0n) is 23.9. The Labute approximate surface area is 226 Å². The minimum absolute atomic E-state index is 0.0145. The van der Waals surface area contributed by atoms with Crippen molar-refractivity contribution in [2.75, 3.05) is 34.1 Å².